The van der Waals surface area contributed by atoms with Gasteiger partial charge in [-0.2, -0.15) is 0 Å². The monoisotopic (exact) mass is 432 g/mol. The Hall–Kier alpha value is -2.19. The summed E-state index contributed by atoms with van der Waals surface area (Å²) in [6.07, 6.45) is 10.3. The summed E-state index contributed by atoms with van der Waals surface area (Å²) in [4.78, 5) is 43.5. The second kappa shape index (κ2) is 8.74. The van der Waals surface area contributed by atoms with E-state index >= 15 is 0 Å². The fourth-order valence-corrected chi connectivity index (χ4v) is 5.41. The number of nitrogens with zero attached hydrogens (tertiary/aromatic N) is 2. The van der Waals surface area contributed by atoms with E-state index in [1.807, 2.05) is 24.3 Å². The van der Waals surface area contributed by atoms with Crippen molar-refractivity contribution in [2.24, 2.45) is 11.8 Å². The second-order valence-electron chi connectivity index (χ2n) is 8.90. The number of esters is 1. The Balaban J connectivity index is 1.77. The highest BCUT2D eigenvalue weighted by Crippen LogP contribution is 2.53. The van der Waals surface area contributed by atoms with Gasteiger partial charge in [0.1, 0.15) is 17.6 Å². The Morgan fingerprint density at radius 1 is 1.23 bits per heavy atom. The first kappa shape index (κ1) is 22.0. The zero-order valence-corrected chi connectivity index (χ0v) is 18.2. The maximum Gasteiger partial charge on any atom is 0.312 e. The van der Waals surface area contributed by atoms with Crippen molar-refractivity contribution in [1.82, 2.24) is 9.80 Å². The van der Waals surface area contributed by atoms with Gasteiger partial charge < -0.3 is 24.4 Å². The Labute approximate surface area is 182 Å². The molecule has 4 rings (SSSR count). The number of amides is 2. The fraction of sp³-hybridized carbons (Fsp3) is 0.696. The quantitative estimate of drug-likeness (QED) is 0.383. The molecule has 4 aliphatic rings. The van der Waals surface area contributed by atoms with Gasteiger partial charge in [-0.05, 0) is 19.8 Å². The summed E-state index contributed by atoms with van der Waals surface area (Å²) >= 11 is 0. The average molecular weight is 433 g/mol. The van der Waals surface area contributed by atoms with Gasteiger partial charge in [0.2, 0.25) is 11.8 Å². The first-order valence-electron chi connectivity index (χ1n) is 11.4. The number of fused-ring (bicyclic) bond motifs is 2. The van der Waals surface area contributed by atoms with Crippen LogP contribution in [0.2, 0.25) is 0 Å². The van der Waals surface area contributed by atoms with Gasteiger partial charge in [-0.1, -0.05) is 44.1 Å². The molecule has 1 unspecified atom stereocenters. The van der Waals surface area contributed by atoms with Crippen LogP contribution in [0.15, 0.2) is 24.3 Å². The van der Waals surface area contributed by atoms with Gasteiger partial charge in [0.05, 0.1) is 31.3 Å². The number of hydrogen-bond acceptors (Lipinski definition) is 6. The lowest BCUT2D eigenvalue weighted by Crippen LogP contribution is -2.57. The van der Waals surface area contributed by atoms with Crippen LogP contribution in [-0.2, 0) is 23.9 Å². The summed E-state index contributed by atoms with van der Waals surface area (Å²) in [5, 5.41) is 9.85. The van der Waals surface area contributed by atoms with Gasteiger partial charge in [-0.15, -0.1) is 0 Å². The number of aliphatic hydroxyl groups is 1. The molecule has 1 spiro atoms. The van der Waals surface area contributed by atoms with Crippen LogP contribution in [0.3, 0.4) is 0 Å². The summed E-state index contributed by atoms with van der Waals surface area (Å²) in [6, 6.07) is -1.49. The molecular weight excluding hydrogens is 400 g/mol. The van der Waals surface area contributed by atoms with E-state index < -0.39 is 41.6 Å². The van der Waals surface area contributed by atoms with Gasteiger partial charge in [0.25, 0.3) is 0 Å². The number of hydrogen-bond donors (Lipinski definition) is 1. The number of cyclic esters (lactones) is 1. The Bertz CT molecular complexity index is 795. The standard InChI is InChI=1S/C23H32N2O6/c1-3-4-6-11-24-12-8-10-23-18(17-16(31-23)9-5-7-13-30-22(17)29)20(27)25(15(2)14-26)19(23)21(24)28/h5,8-10,15-19,26H,3-4,6-7,11-14H2,1-2H3/t15-,16+,17-,18+,19?,23+/m1/s1. The molecule has 170 valence electrons. The molecule has 0 radical (unpaired) electrons. The van der Waals surface area contributed by atoms with Crippen molar-refractivity contribution in [3.05, 3.63) is 24.3 Å². The van der Waals surface area contributed by atoms with E-state index in [9.17, 15) is 19.5 Å². The molecule has 1 N–H and O–H groups in total. The summed E-state index contributed by atoms with van der Waals surface area (Å²) in [5.41, 5.74) is -1.25. The normalized spacial score (nSPS) is 35.8. The van der Waals surface area contributed by atoms with E-state index in [0.29, 0.717) is 19.5 Å². The fourth-order valence-electron chi connectivity index (χ4n) is 5.41. The molecule has 0 aromatic rings. The molecule has 8 heteroatoms. The molecule has 0 saturated carbocycles. The average Bonchev–Trinajstić information content (AvgIpc) is 3.13. The highest BCUT2D eigenvalue weighted by atomic mass is 16.6. The minimum atomic E-state index is -1.25. The highest BCUT2D eigenvalue weighted by molar-refractivity contribution is 5.99. The first-order chi connectivity index (χ1) is 15.0. The number of ether oxygens (including phenoxy) is 2. The van der Waals surface area contributed by atoms with Gasteiger partial charge in [-0.3, -0.25) is 14.4 Å². The topological polar surface area (TPSA) is 96.4 Å². The highest BCUT2D eigenvalue weighted by Gasteiger charge is 2.72. The van der Waals surface area contributed by atoms with Crippen molar-refractivity contribution in [1.29, 1.82) is 0 Å². The van der Waals surface area contributed by atoms with Gasteiger partial charge >= 0.3 is 5.97 Å². The number of unbranched alkanes of at least 4 members (excludes halogenated alkanes) is 2. The van der Waals surface area contributed by atoms with Crippen LogP contribution in [0.5, 0.6) is 0 Å². The minimum absolute atomic E-state index is 0.191. The minimum Gasteiger partial charge on any atom is -0.465 e. The summed E-state index contributed by atoms with van der Waals surface area (Å²) in [6.45, 7) is 4.82. The SMILES string of the molecule is CCCCCN1CC=C[C@]23O[C@H]4C=CCCOC(=O)[C@H]4[C@H]2C(=O)N([C@H](C)CO)C3C1=O. The molecular formula is C23H32N2O6. The van der Waals surface area contributed by atoms with Crippen molar-refractivity contribution in [3.63, 3.8) is 0 Å². The van der Waals surface area contributed by atoms with E-state index in [-0.39, 0.29) is 25.0 Å². The van der Waals surface area contributed by atoms with E-state index in [0.717, 1.165) is 19.3 Å². The zero-order chi connectivity index (χ0) is 22.2. The summed E-state index contributed by atoms with van der Waals surface area (Å²) in [5.74, 6) is -2.66. The number of aliphatic hydroxyl groups excluding tert-OH is 1. The van der Waals surface area contributed by atoms with Crippen LogP contribution < -0.4 is 0 Å². The molecule has 0 bridgehead atoms. The summed E-state index contributed by atoms with van der Waals surface area (Å²) in [7, 11) is 0. The predicted molar refractivity (Wildman–Crippen MR) is 112 cm³/mol. The zero-order valence-electron chi connectivity index (χ0n) is 18.2. The molecule has 31 heavy (non-hydrogen) atoms. The largest absolute Gasteiger partial charge is 0.465 e. The molecule has 2 amide bonds. The van der Waals surface area contributed by atoms with Crippen LogP contribution in [0.25, 0.3) is 0 Å². The smallest absolute Gasteiger partial charge is 0.312 e. The van der Waals surface area contributed by atoms with Crippen molar-refractivity contribution in [3.8, 4) is 0 Å². The van der Waals surface area contributed by atoms with Crippen molar-refractivity contribution >= 4 is 17.8 Å². The third-order valence-corrected chi connectivity index (χ3v) is 6.91. The van der Waals surface area contributed by atoms with Crippen molar-refractivity contribution in [2.75, 3.05) is 26.3 Å². The first-order valence-corrected chi connectivity index (χ1v) is 11.4. The van der Waals surface area contributed by atoms with E-state index in [1.165, 1.54) is 4.90 Å². The van der Waals surface area contributed by atoms with Gasteiger partial charge in [-0.25, -0.2) is 0 Å². The van der Waals surface area contributed by atoms with E-state index in [4.69, 9.17) is 9.47 Å². The number of carbonyl (C=O) groups excluding carboxylic acids is 3. The van der Waals surface area contributed by atoms with Crippen LogP contribution in [-0.4, -0.2) is 82.8 Å². The van der Waals surface area contributed by atoms with Crippen LogP contribution >= 0.6 is 0 Å². The Kier molecular flexibility index (Phi) is 6.21. The lowest BCUT2D eigenvalue weighted by Gasteiger charge is -2.37. The molecule has 0 aromatic carbocycles. The summed E-state index contributed by atoms with van der Waals surface area (Å²) < 4.78 is 11.8. The Morgan fingerprint density at radius 3 is 2.77 bits per heavy atom. The Morgan fingerprint density at radius 2 is 2.03 bits per heavy atom. The molecule has 6 atom stereocenters. The van der Waals surface area contributed by atoms with Crippen molar-refractivity contribution < 1.29 is 29.0 Å². The molecule has 4 heterocycles. The molecule has 4 aliphatic heterocycles. The molecule has 8 nitrogen and oxygen atoms in total. The van der Waals surface area contributed by atoms with Crippen molar-refractivity contribution in [2.45, 2.75) is 63.3 Å². The number of carbonyl (C=O) groups is 3. The third-order valence-electron chi connectivity index (χ3n) is 6.91. The maximum absolute atomic E-state index is 13.8. The van der Waals surface area contributed by atoms with Crippen LogP contribution in [0, 0.1) is 11.8 Å². The number of likely N-dealkylation sites (tertiary alicyclic amines) is 1. The predicted octanol–water partition coefficient (Wildman–Crippen LogP) is 1.04. The molecule has 0 aromatic heterocycles. The van der Waals surface area contributed by atoms with Crippen LogP contribution in [0.4, 0.5) is 0 Å². The van der Waals surface area contributed by atoms with E-state index in [1.54, 1.807) is 11.8 Å². The van der Waals surface area contributed by atoms with E-state index in [2.05, 4.69) is 6.92 Å². The lowest BCUT2D eigenvalue weighted by molar-refractivity contribution is -0.156. The molecule has 2 fully saturated rings. The lowest BCUT2D eigenvalue weighted by atomic mass is 9.77. The van der Waals surface area contributed by atoms with Crippen LogP contribution in [0.1, 0.15) is 39.5 Å². The molecule has 2 saturated heterocycles. The van der Waals surface area contributed by atoms with Gasteiger partial charge in [0, 0.05) is 13.1 Å². The maximum atomic E-state index is 13.8. The second-order valence-corrected chi connectivity index (χ2v) is 8.90. The third kappa shape index (κ3) is 3.49. The molecule has 0 aliphatic carbocycles. The number of rotatable bonds is 6. The van der Waals surface area contributed by atoms with Gasteiger partial charge in [0.15, 0.2) is 0 Å².